The Morgan fingerprint density at radius 3 is 2.78 bits per heavy atom. The van der Waals surface area contributed by atoms with E-state index in [1.807, 2.05) is 18.2 Å². The summed E-state index contributed by atoms with van der Waals surface area (Å²) in [7, 11) is 1.53. The molecule has 0 saturated heterocycles. The van der Waals surface area contributed by atoms with Crippen molar-refractivity contribution in [3.8, 4) is 17.3 Å². The number of ether oxygens (including phenoxy) is 2. The molecule has 0 fully saturated rings. The molecule has 0 radical (unpaired) electrons. The summed E-state index contributed by atoms with van der Waals surface area (Å²) in [5, 5.41) is 5.64. The number of carbonyl (C=O) groups excluding carboxylic acids is 1. The fraction of sp³-hybridized carbons (Fsp3) is 0.273. The van der Waals surface area contributed by atoms with Gasteiger partial charge in [-0.3, -0.25) is 14.2 Å². The van der Waals surface area contributed by atoms with Crippen LogP contribution in [0.15, 0.2) is 35.3 Å². The van der Waals surface area contributed by atoms with Crippen LogP contribution in [0.4, 0.5) is 11.5 Å². The molecule has 1 amide bonds. The van der Waals surface area contributed by atoms with Crippen LogP contribution in [0, 0.1) is 13.8 Å². The number of pyridine rings is 1. The molecule has 10 nitrogen and oxygen atoms in total. The number of hydrogen-bond acceptors (Lipinski definition) is 8. The van der Waals surface area contributed by atoms with Gasteiger partial charge in [-0.05, 0) is 44.0 Å². The first-order valence-corrected chi connectivity index (χ1v) is 10.1. The first-order valence-electron chi connectivity index (χ1n) is 10.1. The highest BCUT2D eigenvalue weighted by Crippen LogP contribution is 2.32. The van der Waals surface area contributed by atoms with Gasteiger partial charge < -0.3 is 25.8 Å². The van der Waals surface area contributed by atoms with Crippen LogP contribution in [0.3, 0.4) is 0 Å². The lowest BCUT2D eigenvalue weighted by molar-refractivity contribution is 0.0962. The maximum atomic E-state index is 13.2. The van der Waals surface area contributed by atoms with Gasteiger partial charge in [0.1, 0.15) is 0 Å². The number of nitrogens with two attached hydrogens (primary N) is 1. The van der Waals surface area contributed by atoms with Crippen molar-refractivity contribution in [3.05, 3.63) is 63.3 Å². The molecule has 3 heterocycles. The summed E-state index contributed by atoms with van der Waals surface area (Å²) in [6.45, 7) is 4.15. The van der Waals surface area contributed by atoms with E-state index < -0.39 is 0 Å². The lowest BCUT2D eigenvalue weighted by Crippen LogP contribution is -2.28. The minimum atomic E-state index is -0.373. The Morgan fingerprint density at radius 2 is 2.00 bits per heavy atom. The highest BCUT2D eigenvalue weighted by molar-refractivity contribution is 5.96. The van der Waals surface area contributed by atoms with Crippen LogP contribution in [-0.2, 0) is 6.42 Å². The molecule has 0 spiro atoms. The largest absolute Gasteiger partial charge is 0.454 e. The van der Waals surface area contributed by atoms with Gasteiger partial charge in [-0.2, -0.15) is 0 Å². The quantitative estimate of drug-likeness (QED) is 0.530. The molecule has 10 heteroatoms. The summed E-state index contributed by atoms with van der Waals surface area (Å²) in [6.07, 6.45) is 2.24. The molecule has 1 aromatic carbocycles. The van der Waals surface area contributed by atoms with Crippen LogP contribution < -0.4 is 31.4 Å². The highest BCUT2D eigenvalue weighted by Gasteiger charge is 2.18. The first kappa shape index (κ1) is 21.2. The Hall–Kier alpha value is -4.08. The zero-order chi connectivity index (χ0) is 22.8. The van der Waals surface area contributed by atoms with Gasteiger partial charge in [-0.1, -0.05) is 6.07 Å². The van der Waals surface area contributed by atoms with Gasteiger partial charge in [0.15, 0.2) is 23.1 Å². The van der Waals surface area contributed by atoms with E-state index in [0.717, 1.165) is 17.1 Å². The topological polar surface area (TPSA) is 133 Å². The Morgan fingerprint density at radius 1 is 1.22 bits per heavy atom. The second-order valence-corrected chi connectivity index (χ2v) is 7.37. The molecule has 4 N–H and O–H groups in total. The third-order valence-corrected chi connectivity index (χ3v) is 5.19. The van der Waals surface area contributed by atoms with Gasteiger partial charge in [0.05, 0.1) is 16.9 Å². The summed E-state index contributed by atoms with van der Waals surface area (Å²) >= 11 is 0. The van der Waals surface area contributed by atoms with E-state index in [2.05, 4.69) is 20.6 Å². The zero-order valence-electron chi connectivity index (χ0n) is 18.1. The van der Waals surface area contributed by atoms with Gasteiger partial charge in [0.2, 0.25) is 6.79 Å². The number of benzene rings is 1. The number of rotatable bonds is 6. The molecule has 3 aromatic rings. The molecule has 32 heavy (non-hydrogen) atoms. The number of nitrogens with one attached hydrogen (secondary N) is 2. The zero-order valence-corrected chi connectivity index (χ0v) is 18.1. The Balaban J connectivity index is 1.57. The third-order valence-electron chi connectivity index (χ3n) is 5.19. The second-order valence-electron chi connectivity index (χ2n) is 7.37. The van der Waals surface area contributed by atoms with Crippen molar-refractivity contribution in [1.82, 2.24) is 19.9 Å². The van der Waals surface area contributed by atoms with Crippen LogP contribution in [0.5, 0.6) is 11.5 Å². The summed E-state index contributed by atoms with van der Waals surface area (Å²) in [4.78, 5) is 33.8. The Kier molecular flexibility index (Phi) is 5.67. The average Bonchev–Trinajstić information content (AvgIpc) is 3.25. The van der Waals surface area contributed by atoms with E-state index in [1.54, 1.807) is 20.0 Å². The van der Waals surface area contributed by atoms with E-state index in [0.29, 0.717) is 29.9 Å². The summed E-state index contributed by atoms with van der Waals surface area (Å²) < 4.78 is 12.1. The highest BCUT2D eigenvalue weighted by atomic mass is 16.7. The van der Waals surface area contributed by atoms with Crippen molar-refractivity contribution < 1.29 is 14.3 Å². The predicted molar refractivity (Wildman–Crippen MR) is 120 cm³/mol. The fourth-order valence-electron chi connectivity index (χ4n) is 3.49. The Bertz CT molecular complexity index is 1250. The van der Waals surface area contributed by atoms with Crippen molar-refractivity contribution in [1.29, 1.82) is 0 Å². The molecule has 0 saturated carbocycles. The van der Waals surface area contributed by atoms with Crippen LogP contribution in [0.1, 0.15) is 27.3 Å². The summed E-state index contributed by atoms with van der Waals surface area (Å²) in [6, 6.07) is 7.27. The van der Waals surface area contributed by atoms with E-state index >= 15 is 0 Å². The molecule has 1 aliphatic heterocycles. The van der Waals surface area contributed by atoms with Crippen LogP contribution in [-0.4, -0.2) is 40.8 Å². The number of fused-ring (bicyclic) bond motifs is 1. The molecule has 0 atom stereocenters. The number of hydrogen-bond donors (Lipinski definition) is 3. The molecule has 4 rings (SSSR count). The lowest BCUT2D eigenvalue weighted by atomic mass is 10.1. The molecular formula is C22H24N6O4. The van der Waals surface area contributed by atoms with Crippen molar-refractivity contribution >= 4 is 17.4 Å². The smallest absolute Gasteiger partial charge is 0.299 e. The standard InChI is InChI=1S/C22H24N6O4/c1-12-10-26-19(25-7-6-14-4-5-17-18(8-14)32-11-31-17)22(30)28(12)20-16(23)9-15(13(2)27-20)21(29)24-3/h4-5,8-10H,6-7,11,23H2,1-3H3,(H,24,29)(H,25,26). The van der Waals surface area contributed by atoms with Gasteiger partial charge in [-0.15, -0.1) is 0 Å². The SMILES string of the molecule is CNC(=O)c1cc(N)c(-n2c(C)cnc(NCCc3ccc4c(c3)OCO4)c2=O)nc1C. The molecule has 2 aromatic heterocycles. The van der Waals surface area contributed by atoms with E-state index in [4.69, 9.17) is 15.2 Å². The first-order chi connectivity index (χ1) is 15.4. The minimum absolute atomic E-state index is 0.186. The van der Waals surface area contributed by atoms with E-state index in [1.165, 1.54) is 17.7 Å². The monoisotopic (exact) mass is 436 g/mol. The fourth-order valence-corrected chi connectivity index (χ4v) is 3.49. The number of aryl methyl sites for hydroxylation is 2. The van der Waals surface area contributed by atoms with Gasteiger partial charge >= 0.3 is 0 Å². The minimum Gasteiger partial charge on any atom is -0.454 e. The molecule has 1 aliphatic rings. The van der Waals surface area contributed by atoms with Crippen LogP contribution in [0.2, 0.25) is 0 Å². The van der Waals surface area contributed by atoms with E-state index in [9.17, 15) is 9.59 Å². The van der Waals surface area contributed by atoms with Crippen molar-refractivity contribution in [2.24, 2.45) is 0 Å². The normalized spacial score (nSPS) is 12.0. The van der Waals surface area contributed by atoms with Crippen LogP contribution in [0.25, 0.3) is 5.82 Å². The van der Waals surface area contributed by atoms with Crippen molar-refractivity contribution in [2.75, 3.05) is 31.4 Å². The number of carbonyl (C=O) groups is 1. The maximum absolute atomic E-state index is 13.2. The van der Waals surface area contributed by atoms with Crippen molar-refractivity contribution in [2.45, 2.75) is 20.3 Å². The number of amides is 1. The summed E-state index contributed by atoms with van der Waals surface area (Å²) in [5.41, 5.74) is 8.44. The molecular weight excluding hydrogens is 412 g/mol. The number of nitrogens with zero attached hydrogens (tertiary/aromatic N) is 3. The van der Waals surface area contributed by atoms with E-state index in [-0.39, 0.29) is 35.6 Å². The third kappa shape index (κ3) is 3.94. The number of aromatic nitrogens is 3. The lowest BCUT2D eigenvalue weighted by Gasteiger charge is -2.15. The van der Waals surface area contributed by atoms with Crippen molar-refractivity contribution in [3.63, 3.8) is 0 Å². The maximum Gasteiger partial charge on any atom is 0.299 e. The Labute approximate surface area is 184 Å². The van der Waals surface area contributed by atoms with Crippen LogP contribution >= 0.6 is 0 Å². The average molecular weight is 436 g/mol. The number of nitrogen functional groups attached to an aromatic ring is 1. The molecule has 0 unspecified atom stereocenters. The molecule has 0 aliphatic carbocycles. The van der Waals surface area contributed by atoms with Gasteiger partial charge in [0.25, 0.3) is 11.5 Å². The van der Waals surface area contributed by atoms with Gasteiger partial charge in [0, 0.05) is 25.5 Å². The molecule has 0 bridgehead atoms. The summed E-state index contributed by atoms with van der Waals surface area (Å²) in [5.74, 6) is 1.60. The second kappa shape index (κ2) is 8.58. The molecule has 166 valence electrons. The predicted octanol–water partition coefficient (Wildman–Crippen LogP) is 1.57. The van der Waals surface area contributed by atoms with Gasteiger partial charge in [-0.25, -0.2) is 9.97 Å². The number of anilines is 2.